The van der Waals surface area contributed by atoms with Crippen LogP contribution in [0.5, 0.6) is 0 Å². The summed E-state index contributed by atoms with van der Waals surface area (Å²) in [6.45, 7) is 4.72. The van der Waals surface area contributed by atoms with Crippen molar-refractivity contribution in [1.82, 2.24) is 15.0 Å². The third kappa shape index (κ3) is 3.78. The highest BCUT2D eigenvalue weighted by atomic mass is 35.5. The van der Waals surface area contributed by atoms with Gasteiger partial charge < -0.3 is 10.6 Å². The number of aryl methyl sites for hydroxylation is 1. The summed E-state index contributed by atoms with van der Waals surface area (Å²) < 4.78 is 0. The second-order valence-electron chi connectivity index (χ2n) is 6.50. The molecule has 1 aliphatic carbocycles. The number of anilines is 2. The van der Waals surface area contributed by atoms with Gasteiger partial charge in [-0.25, -0.2) is 4.98 Å². The Labute approximate surface area is 148 Å². The van der Waals surface area contributed by atoms with E-state index < -0.39 is 0 Å². The van der Waals surface area contributed by atoms with Crippen LogP contribution in [0.15, 0.2) is 18.3 Å². The van der Waals surface area contributed by atoms with Crippen molar-refractivity contribution in [2.45, 2.75) is 58.5 Å². The highest BCUT2D eigenvalue weighted by molar-refractivity contribution is 6.30. The number of hydrogen-bond acceptors (Lipinski definition) is 5. The lowest BCUT2D eigenvalue weighted by Crippen LogP contribution is -2.38. The fourth-order valence-electron chi connectivity index (χ4n) is 3.39. The lowest BCUT2D eigenvalue weighted by molar-refractivity contribution is 0.409. The van der Waals surface area contributed by atoms with Crippen LogP contribution in [-0.4, -0.2) is 21.0 Å². The zero-order valence-electron chi connectivity index (χ0n) is 14.3. The van der Waals surface area contributed by atoms with E-state index in [1.165, 1.54) is 32.1 Å². The third-order valence-electron chi connectivity index (χ3n) is 4.78. The van der Waals surface area contributed by atoms with Crippen LogP contribution in [0.2, 0.25) is 5.02 Å². The minimum Gasteiger partial charge on any atom is -0.368 e. The molecule has 6 heteroatoms. The SMILES string of the molecule is Cc1nc(N)nc(N(Cc2cc(Cl)ccn2)C2CCCCC2)c1C. The standard InChI is InChI=1S/C18H24ClN5/c1-12-13(2)22-18(20)23-17(12)24(16-6-4-3-5-7-16)11-15-10-14(19)8-9-21-15/h8-10,16H,3-7,11H2,1-2H3,(H2,20,22,23). The maximum atomic E-state index is 6.14. The predicted octanol–water partition coefficient (Wildman–Crippen LogP) is 4.06. The molecular weight excluding hydrogens is 322 g/mol. The lowest BCUT2D eigenvalue weighted by atomic mass is 9.93. The van der Waals surface area contributed by atoms with Gasteiger partial charge in [0.1, 0.15) is 5.82 Å². The van der Waals surface area contributed by atoms with Gasteiger partial charge in [-0.3, -0.25) is 4.98 Å². The quantitative estimate of drug-likeness (QED) is 0.904. The molecule has 1 fully saturated rings. The second kappa shape index (κ2) is 7.34. The van der Waals surface area contributed by atoms with Crippen LogP contribution in [-0.2, 0) is 6.54 Å². The first-order valence-corrected chi connectivity index (χ1v) is 8.90. The summed E-state index contributed by atoms with van der Waals surface area (Å²) >= 11 is 6.14. The molecule has 0 unspecified atom stereocenters. The molecule has 1 aliphatic rings. The second-order valence-corrected chi connectivity index (χ2v) is 6.94. The topological polar surface area (TPSA) is 67.9 Å². The summed E-state index contributed by atoms with van der Waals surface area (Å²) in [4.78, 5) is 15.7. The van der Waals surface area contributed by atoms with Crippen molar-refractivity contribution in [3.8, 4) is 0 Å². The van der Waals surface area contributed by atoms with Crippen molar-refractivity contribution >= 4 is 23.4 Å². The van der Waals surface area contributed by atoms with E-state index in [9.17, 15) is 0 Å². The Bertz CT molecular complexity index is 713. The molecule has 2 aromatic heterocycles. The summed E-state index contributed by atoms with van der Waals surface area (Å²) in [6, 6.07) is 4.17. The number of aromatic nitrogens is 3. The molecule has 0 spiro atoms. The van der Waals surface area contributed by atoms with Crippen molar-refractivity contribution in [3.05, 3.63) is 40.3 Å². The Kier molecular flexibility index (Phi) is 5.19. The van der Waals surface area contributed by atoms with Crippen LogP contribution >= 0.6 is 11.6 Å². The van der Waals surface area contributed by atoms with Gasteiger partial charge in [0.25, 0.3) is 0 Å². The van der Waals surface area contributed by atoms with Crippen LogP contribution in [0.4, 0.5) is 11.8 Å². The van der Waals surface area contributed by atoms with E-state index in [2.05, 4.69) is 26.8 Å². The van der Waals surface area contributed by atoms with E-state index in [4.69, 9.17) is 17.3 Å². The number of nitrogen functional groups attached to an aromatic ring is 1. The van der Waals surface area contributed by atoms with Gasteiger partial charge in [0.15, 0.2) is 0 Å². The van der Waals surface area contributed by atoms with E-state index in [0.717, 1.165) is 22.8 Å². The molecule has 0 bridgehead atoms. The smallest absolute Gasteiger partial charge is 0.222 e. The fourth-order valence-corrected chi connectivity index (χ4v) is 3.58. The van der Waals surface area contributed by atoms with Gasteiger partial charge in [-0.05, 0) is 38.8 Å². The molecule has 128 valence electrons. The van der Waals surface area contributed by atoms with Gasteiger partial charge in [-0.1, -0.05) is 30.9 Å². The first-order chi connectivity index (χ1) is 11.5. The monoisotopic (exact) mass is 345 g/mol. The van der Waals surface area contributed by atoms with E-state index in [-0.39, 0.29) is 0 Å². The maximum absolute atomic E-state index is 6.14. The molecule has 0 radical (unpaired) electrons. The predicted molar refractivity (Wildman–Crippen MR) is 98.2 cm³/mol. The summed E-state index contributed by atoms with van der Waals surface area (Å²) in [5.74, 6) is 1.25. The van der Waals surface area contributed by atoms with E-state index in [0.29, 0.717) is 23.6 Å². The van der Waals surface area contributed by atoms with E-state index >= 15 is 0 Å². The molecule has 2 N–H and O–H groups in total. The maximum Gasteiger partial charge on any atom is 0.222 e. The van der Waals surface area contributed by atoms with Crippen molar-refractivity contribution < 1.29 is 0 Å². The molecule has 0 atom stereocenters. The highest BCUT2D eigenvalue weighted by Crippen LogP contribution is 2.31. The summed E-state index contributed by atoms with van der Waals surface area (Å²) in [7, 11) is 0. The van der Waals surface area contributed by atoms with Gasteiger partial charge >= 0.3 is 0 Å². The molecule has 0 aromatic carbocycles. The summed E-state index contributed by atoms with van der Waals surface area (Å²) in [5, 5.41) is 0.707. The van der Waals surface area contributed by atoms with Gasteiger partial charge in [-0.2, -0.15) is 4.98 Å². The third-order valence-corrected chi connectivity index (χ3v) is 5.01. The minimum absolute atomic E-state index is 0.327. The van der Waals surface area contributed by atoms with Gasteiger partial charge in [-0.15, -0.1) is 0 Å². The Morgan fingerprint density at radius 2 is 1.96 bits per heavy atom. The molecule has 3 rings (SSSR count). The van der Waals surface area contributed by atoms with E-state index in [1.54, 1.807) is 12.3 Å². The number of nitrogens with zero attached hydrogens (tertiary/aromatic N) is 4. The first kappa shape index (κ1) is 17.0. The molecule has 5 nitrogen and oxygen atoms in total. The van der Waals surface area contributed by atoms with Crippen LogP contribution in [0.25, 0.3) is 0 Å². The Morgan fingerprint density at radius 3 is 2.67 bits per heavy atom. The first-order valence-electron chi connectivity index (χ1n) is 8.52. The molecular formula is C18H24ClN5. The zero-order chi connectivity index (χ0) is 17.1. The molecule has 0 amide bonds. The minimum atomic E-state index is 0.327. The number of nitrogens with two attached hydrogens (primary N) is 1. The van der Waals surface area contributed by atoms with Gasteiger partial charge in [0.05, 0.1) is 12.2 Å². The van der Waals surface area contributed by atoms with Gasteiger partial charge in [0, 0.05) is 28.5 Å². The normalized spacial score (nSPS) is 15.5. The Hall–Kier alpha value is -1.88. The van der Waals surface area contributed by atoms with Crippen LogP contribution in [0.1, 0.15) is 49.1 Å². The van der Waals surface area contributed by atoms with Crippen LogP contribution < -0.4 is 10.6 Å². The van der Waals surface area contributed by atoms with Crippen LogP contribution in [0, 0.1) is 13.8 Å². The summed E-state index contributed by atoms with van der Waals surface area (Å²) in [6.07, 6.45) is 7.91. The van der Waals surface area contributed by atoms with Crippen molar-refractivity contribution in [2.24, 2.45) is 0 Å². The van der Waals surface area contributed by atoms with Gasteiger partial charge in [0.2, 0.25) is 5.95 Å². The lowest BCUT2D eigenvalue weighted by Gasteiger charge is -2.36. The summed E-state index contributed by atoms with van der Waals surface area (Å²) in [5.41, 5.74) is 8.88. The fraction of sp³-hybridized carbons (Fsp3) is 0.500. The number of pyridine rings is 1. The van der Waals surface area contributed by atoms with Crippen molar-refractivity contribution in [1.29, 1.82) is 0 Å². The molecule has 2 aromatic rings. The largest absolute Gasteiger partial charge is 0.368 e. The average molecular weight is 346 g/mol. The average Bonchev–Trinajstić information content (AvgIpc) is 2.57. The highest BCUT2D eigenvalue weighted by Gasteiger charge is 2.25. The van der Waals surface area contributed by atoms with Crippen molar-refractivity contribution in [2.75, 3.05) is 10.6 Å². The van der Waals surface area contributed by atoms with Crippen molar-refractivity contribution in [3.63, 3.8) is 0 Å². The Balaban J connectivity index is 1.98. The molecule has 0 aliphatic heterocycles. The number of hydrogen-bond donors (Lipinski definition) is 1. The molecule has 24 heavy (non-hydrogen) atoms. The molecule has 0 saturated heterocycles. The molecule has 2 heterocycles. The molecule has 1 saturated carbocycles. The number of rotatable bonds is 4. The number of halogens is 1. The van der Waals surface area contributed by atoms with Crippen LogP contribution in [0.3, 0.4) is 0 Å². The van der Waals surface area contributed by atoms with E-state index in [1.807, 2.05) is 13.0 Å². The Morgan fingerprint density at radius 1 is 1.21 bits per heavy atom. The zero-order valence-corrected chi connectivity index (χ0v) is 15.1.